The molecule has 1 aliphatic carbocycles. The van der Waals surface area contributed by atoms with Gasteiger partial charge in [0.25, 0.3) is 0 Å². The second-order valence-corrected chi connectivity index (χ2v) is 5.83. The maximum atomic E-state index is 6.09. The van der Waals surface area contributed by atoms with Gasteiger partial charge in [0.2, 0.25) is 0 Å². The van der Waals surface area contributed by atoms with Crippen LogP contribution >= 0.6 is 11.6 Å². The molecule has 1 N–H and O–H groups in total. The van der Waals surface area contributed by atoms with E-state index in [0.29, 0.717) is 11.5 Å². The van der Waals surface area contributed by atoms with Crippen LogP contribution in [0.5, 0.6) is 0 Å². The molecule has 0 amide bonds. The highest BCUT2D eigenvalue weighted by molar-refractivity contribution is 6.30. The van der Waals surface area contributed by atoms with Crippen molar-refractivity contribution in [3.05, 3.63) is 34.3 Å². The van der Waals surface area contributed by atoms with E-state index in [2.05, 4.69) is 38.2 Å². The van der Waals surface area contributed by atoms with Crippen molar-refractivity contribution in [1.82, 2.24) is 5.32 Å². The van der Waals surface area contributed by atoms with Crippen molar-refractivity contribution in [2.75, 3.05) is 6.54 Å². The maximum Gasteiger partial charge on any atom is 0.0409 e. The zero-order chi connectivity index (χ0) is 11.8. The summed E-state index contributed by atoms with van der Waals surface area (Å²) in [5.74, 6) is 0. The Morgan fingerprint density at radius 3 is 2.88 bits per heavy atom. The first-order chi connectivity index (χ1) is 7.54. The SMILES string of the molecule is CCCNC1c2cc(Cl)ccc2CC1(C)C. The lowest BCUT2D eigenvalue weighted by Crippen LogP contribution is -2.31. The molecule has 0 fully saturated rings. The number of rotatable bonds is 3. The van der Waals surface area contributed by atoms with Gasteiger partial charge in [-0.15, -0.1) is 0 Å². The zero-order valence-electron chi connectivity index (χ0n) is 10.3. The number of hydrogen-bond donors (Lipinski definition) is 1. The highest BCUT2D eigenvalue weighted by Gasteiger charge is 2.38. The van der Waals surface area contributed by atoms with Crippen LogP contribution in [0.3, 0.4) is 0 Å². The zero-order valence-corrected chi connectivity index (χ0v) is 11.1. The molecule has 0 aromatic heterocycles. The van der Waals surface area contributed by atoms with Crippen molar-refractivity contribution in [1.29, 1.82) is 0 Å². The van der Waals surface area contributed by atoms with E-state index in [9.17, 15) is 0 Å². The van der Waals surface area contributed by atoms with Gasteiger partial charge in [0.15, 0.2) is 0 Å². The third kappa shape index (κ3) is 2.11. The Hall–Kier alpha value is -0.530. The lowest BCUT2D eigenvalue weighted by Gasteiger charge is -2.28. The second kappa shape index (κ2) is 4.38. The first kappa shape index (κ1) is 11.9. The highest BCUT2D eigenvalue weighted by Crippen LogP contribution is 2.45. The molecule has 88 valence electrons. The summed E-state index contributed by atoms with van der Waals surface area (Å²) in [4.78, 5) is 0. The molecule has 16 heavy (non-hydrogen) atoms. The molecule has 1 aliphatic rings. The summed E-state index contributed by atoms with van der Waals surface area (Å²) in [6.45, 7) is 7.93. The van der Waals surface area contributed by atoms with Crippen molar-refractivity contribution >= 4 is 11.6 Å². The Morgan fingerprint density at radius 1 is 1.44 bits per heavy atom. The van der Waals surface area contributed by atoms with Gasteiger partial charge in [0, 0.05) is 11.1 Å². The number of fused-ring (bicyclic) bond motifs is 1. The monoisotopic (exact) mass is 237 g/mol. The fraction of sp³-hybridized carbons (Fsp3) is 0.571. The van der Waals surface area contributed by atoms with Crippen molar-refractivity contribution in [2.24, 2.45) is 5.41 Å². The van der Waals surface area contributed by atoms with Crippen LogP contribution in [0.4, 0.5) is 0 Å². The van der Waals surface area contributed by atoms with Crippen LogP contribution in [0.15, 0.2) is 18.2 Å². The predicted octanol–water partition coefficient (Wildman–Crippen LogP) is 3.96. The van der Waals surface area contributed by atoms with Crippen molar-refractivity contribution in [3.8, 4) is 0 Å². The van der Waals surface area contributed by atoms with Gasteiger partial charge in [-0.3, -0.25) is 0 Å². The molecule has 0 saturated carbocycles. The van der Waals surface area contributed by atoms with Gasteiger partial charge >= 0.3 is 0 Å². The van der Waals surface area contributed by atoms with Gasteiger partial charge < -0.3 is 5.32 Å². The van der Waals surface area contributed by atoms with Gasteiger partial charge in [-0.1, -0.05) is 38.4 Å². The van der Waals surface area contributed by atoms with E-state index in [4.69, 9.17) is 11.6 Å². The molecule has 0 spiro atoms. The molecule has 1 aromatic rings. The van der Waals surface area contributed by atoms with Crippen molar-refractivity contribution in [2.45, 2.75) is 39.7 Å². The summed E-state index contributed by atoms with van der Waals surface area (Å²) >= 11 is 6.09. The molecule has 1 nitrogen and oxygen atoms in total. The van der Waals surface area contributed by atoms with Gasteiger partial charge in [-0.25, -0.2) is 0 Å². The third-order valence-electron chi connectivity index (χ3n) is 3.44. The van der Waals surface area contributed by atoms with E-state index in [1.54, 1.807) is 0 Å². The van der Waals surface area contributed by atoms with E-state index in [0.717, 1.165) is 18.0 Å². The number of hydrogen-bond acceptors (Lipinski definition) is 1. The molecule has 2 heteroatoms. The summed E-state index contributed by atoms with van der Waals surface area (Å²) in [6.07, 6.45) is 2.31. The molecule has 1 atom stereocenters. The summed E-state index contributed by atoms with van der Waals surface area (Å²) in [5.41, 5.74) is 3.14. The summed E-state index contributed by atoms with van der Waals surface area (Å²) in [6, 6.07) is 6.74. The van der Waals surface area contributed by atoms with Crippen molar-refractivity contribution < 1.29 is 0 Å². The van der Waals surface area contributed by atoms with E-state index >= 15 is 0 Å². The first-order valence-corrected chi connectivity index (χ1v) is 6.44. The molecular formula is C14H20ClN. The Morgan fingerprint density at radius 2 is 2.19 bits per heavy atom. The van der Waals surface area contributed by atoms with Gasteiger partial charge in [0.05, 0.1) is 0 Å². The minimum absolute atomic E-state index is 0.294. The Labute approximate surface area is 103 Å². The molecule has 2 rings (SSSR count). The van der Waals surface area contributed by atoms with Crippen LogP contribution in [0.1, 0.15) is 44.4 Å². The van der Waals surface area contributed by atoms with Gasteiger partial charge in [-0.05, 0) is 48.1 Å². The topological polar surface area (TPSA) is 12.0 Å². The molecule has 1 aromatic carbocycles. The highest BCUT2D eigenvalue weighted by atomic mass is 35.5. The summed E-state index contributed by atoms with van der Waals surface area (Å²) in [5, 5.41) is 4.49. The quantitative estimate of drug-likeness (QED) is 0.839. The molecule has 1 unspecified atom stereocenters. The lowest BCUT2D eigenvalue weighted by atomic mass is 9.85. The van der Waals surface area contributed by atoms with E-state index in [1.165, 1.54) is 17.5 Å². The predicted molar refractivity (Wildman–Crippen MR) is 70.0 cm³/mol. The van der Waals surface area contributed by atoms with Crippen LogP contribution in [0, 0.1) is 5.41 Å². The number of halogens is 1. The molecule has 0 saturated heterocycles. The third-order valence-corrected chi connectivity index (χ3v) is 3.68. The number of nitrogens with one attached hydrogen (secondary N) is 1. The average Bonchev–Trinajstić information content (AvgIpc) is 2.45. The largest absolute Gasteiger partial charge is 0.309 e. The van der Waals surface area contributed by atoms with Crippen molar-refractivity contribution in [3.63, 3.8) is 0 Å². The van der Waals surface area contributed by atoms with E-state index < -0.39 is 0 Å². The van der Waals surface area contributed by atoms with Crippen LogP contribution in [-0.2, 0) is 6.42 Å². The number of benzene rings is 1. The summed E-state index contributed by atoms with van der Waals surface area (Å²) in [7, 11) is 0. The average molecular weight is 238 g/mol. The normalized spacial score (nSPS) is 22.1. The maximum absolute atomic E-state index is 6.09. The second-order valence-electron chi connectivity index (χ2n) is 5.40. The standard InChI is InChI=1S/C14H20ClN/c1-4-7-16-13-12-8-11(15)6-5-10(12)9-14(13,2)3/h5-6,8,13,16H,4,7,9H2,1-3H3. The summed E-state index contributed by atoms with van der Waals surface area (Å²) < 4.78 is 0. The van der Waals surface area contributed by atoms with Crippen LogP contribution < -0.4 is 5.32 Å². The molecule has 0 heterocycles. The fourth-order valence-electron chi connectivity index (χ4n) is 2.68. The first-order valence-electron chi connectivity index (χ1n) is 6.06. The van der Waals surface area contributed by atoms with Gasteiger partial charge in [0.1, 0.15) is 0 Å². The Balaban J connectivity index is 2.32. The van der Waals surface area contributed by atoms with Crippen LogP contribution in [-0.4, -0.2) is 6.54 Å². The molecule has 0 aliphatic heterocycles. The van der Waals surface area contributed by atoms with E-state index in [1.807, 2.05) is 6.07 Å². The van der Waals surface area contributed by atoms with Gasteiger partial charge in [-0.2, -0.15) is 0 Å². The molecular weight excluding hydrogens is 218 g/mol. The van der Waals surface area contributed by atoms with E-state index in [-0.39, 0.29) is 0 Å². The molecule has 0 bridgehead atoms. The smallest absolute Gasteiger partial charge is 0.0409 e. The lowest BCUT2D eigenvalue weighted by molar-refractivity contribution is 0.270. The minimum Gasteiger partial charge on any atom is -0.309 e. The fourth-order valence-corrected chi connectivity index (χ4v) is 2.86. The van der Waals surface area contributed by atoms with Crippen LogP contribution in [0.25, 0.3) is 0 Å². The Kier molecular flexibility index (Phi) is 3.27. The Bertz CT molecular complexity index is 384. The van der Waals surface area contributed by atoms with Crippen LogP contribution in [0.2, 0.25) is 5.02 Å². The minimum atomic E-state index is 0.294. The molecule has 0 radical (unpaired) electrons.